The summed E-state index contributed by atoms with van der Waals surface area (Å²) in [5.74, 6) is 1.38. The summed E-state index contributed by atoms with van der Waals surface area (Å²) >= 11 is 12.3. The molecule has 1 aromatic carbocycles. The summed E-state index contributed by atoms with van der Waals surface area (Å²) in [7, 11) is -2.91. The number of ketones is 1. The molecule has 3 heterocycles. The summed E-state index contributed by atoms with van der Waals surface area (Å²) in [6.07, 6.45) is 3.45. The molecule has 1 saturated heterocycles. The quantitative estimate of drug-likeness (QED) is 0.482. The number of hydrogen-bond donors (Lipinski definition) is 1. The van der Waals surface area contributed by atoms with Gasteiger partial charge in [-0.15, -0.1) is 0 Å². The van der Waals surface area contributed by atoms with E-state index in [2.05, 4.69) is 20.2 Å². The molecule has 7 nitrogen and oxygen atoms in total. The van der Waals surface area contributed by atoms with Crippen LogP contribution in [0.5, 0.6) is 0 Å². The second kappa shape index (κ2) is 10.2. The molecule has 1 aliphatic rings. The number of sulfone groups is 1. The van der Waals surface area contributed by atoms with Gasteiger partial charge in [-0.25, -0.2) is 18.4 Å². The standard InChI is InChI=1S/C23H22Cl2N4O3S/c24-18-2-1-3-19(25)23(18)20(30)12-16-4-6-26-21(13-16)28-22-14-17(5-7-27-22)15-29-8-10-33(31,32)11-9-29/h1-7,13-14H,8-12,15H2,(H,26,27,28). The zero-order valence-electron chi connectivity index (χ0n) is 17.7. The Labute approximate surface area is 202 Å². The molecule has 0 aliphatic carbocycles. The predicted molar refractivity (Wildman–Crippen MR) is 130 cm³/mol. The Bertz CT molecular complexity index is 1250. The number of halogens is 2. The third-order valence-electron chi connectivity index (χ3n) is 5.35. The molecule has 33 heavy (non-hydrogen) atoms. The summed E-state index contributed by atoms with van der Waals surface area (Å²) in [5.41, 5.74) is 2.10. The first-order chi connectivity index (χ1) is 15.8. The molecule has 0 bridgehead atoms. The lowest BCUT2D eigenvalue weighted by molar-refractivity contribution is 0.0993. The number of benzene rings is 1. The van der Waals surface area contributed by atoms with Crippen molar-refractivity contribution in [3.63, 3.8) is 0 Å². The summed E-state index contributed by atoms with van der Waals surface area (Å²) in [6, 6.07) is 12.3. The van der Waals surface area contributed by atoms with E-state index in [-0.39, 0.29) is 23.7 Å². The first-order valence-electron chi connectivity index (χ1n) is 10.4. The lowest BCUT2D eigenvalue weighted by atomic mass is 10.0. The number of Topliss-reactive ketones (excluding diaryl/α,β-unsaturated/α-hetero) is 1. The number of rotatable bonds is 7. The lowest BCUT2D eigenvalue weighted by Gasteiger charge is -2.26. The second-order valence-electron chi connectivity index (χ2n) is 7.85. The smallest absolute Gasteiger partial charge is 0.170 e. The Hall–Kier alpha value is -2.52. The Balaban J connectivity index is 1.42. The summed E-state index contributed by atoms with van der Waals surface area (Å²) in [6.45, 7) is 1.70. The van der Waals surface area contributed by atoms with Crippen LogP contribution >= 0.6 is 23.2 Å². The minimum atomic E-state index is -2.91. The predicted octanol–water partition coefficient (Wildman–Crippen LogP) is 4.18. The minimum absolute atomic E-state index is 0.131. The van der Waals surface area contributed by atoms with Crippen molar-refractivity contribution >= 4 is 50.5 Å². The number of hydrogen-bond acceptors (Lipinski definition) is 7. The van der Waals surface area contributed by atoms with Crippen LogP contribution in [0, 0.1) is 0 Å². The van der Waals surface area contributed by atoms with Gasteiger partial charge < -0.3 is 5.32 Å². The molecule has 1 aliphatic heterocycles. The molecule has 1 fully saturated rings. The van der Waals surface area contributed by atoms with Gasteiger partial charge in [0.05, 0.1) is 27.1 Å². The molecule has 0 radical (unpaired) electrons. The van der Waals surface area contributed by atoms with Crippen LogP contribution in [0.3, 0.4) is 0 Å². The van der Waals surface area contributed by atoms with Crippen LogP contribution in [0.4, 0.5) is 11.6 Å². The molecule has 10 heteroatoms. The highest BCUT2D eigenvalue weighted by Gasteiger charge is 2.21. The van der Waals surface area contributed by atoms with Crippen molar-refractivity contribution in [3.05, 3.63) is 81.6 Å². The van der Waals surface area contributed by atoms with Crippen LogP contribution in [-0.4, -0.2) is 53.7 Å². The molecular weight excluding hydrogens is 483 g/mol. The normalized spacial score (nSPS) is 15.8. The van der Waals surface area contributed by atoms with Crippen LogP contribution in [0.1, 0.15) is 21.5 Å². The zero-order valence-corrected chi connectivity index (χ0v) is 20.0. The van der Waals surface area contributed by atoms with Crippen LogP contribution in [0.25, 0.3) is 0 Å². The van der Waals surface area contributed by atoms with Gasteiger partial charge >= 0.3 is 0 Å². The fraction of sp³-hybridized carbons (Fsp3) is 0.261. The summed E-state index contributed by atoms with van der Waals surface area (Å²) < 4.78 is 23.3. The number of anilines is 2. The molecule has 2 aromatic heterocycles. The Morgan fingerprint density at radius 3 is 2.15 bits per heavy atom. The van der Waals surface area contributed by atoms with E-state index in [1.165, 1.54) is 0 Å². The van der Waals surface area contributed by atoms with Gasteiger partial charge in [0, 0.05) is 38.4 Å². The third-order valence-corrected chi connectivity index (χ3v) is 7.59. The lowest BCUT2D eigenvalue weighted by Crippen LogP contribution is -2.39. The third kappa shape index (κ3) is 6.29. The number of carbonyl (C=O) groups excluding carboxylic acids is 1. The van der Waals surface area contributed by atoms with Gasteiger partial charge in [-0.3, -0.25) is 9.69 Å². The van der Waals surface area contributed by atoms with E-state index in [0.29, 0.717) is 46.9 Å². The van der Waals surface area contributed by atoms with Gasteiger partial charge in [0.25, 0.3) is 0 Å². The van der Waals surface area contributed by atoms with E-state index in [9.17, 15) is 13.2 Å². The number of carbonyl (C=O) groups is 1. The van der Waals surface area contributed by atoms with E-state index in [1.807, 2.05) is 12.1 Å². The highest BCUT2D eigenvalue weighted by molar-refractivity contribution is 7.91. The number of aromatic nitrogens is 2. The highest BCUT2D eigenvalue weighted by Crippen LogP contribution is 2.26. The van der Waals surface area contributed by atoms with Crippen molar-refractivity contribution < 1.29 is 13.2 Å². The number of nitrogens with zero attached hydrogens (tertiary/aromatic N) is 3. The first-order valence-corrected chi connectivity index (χ1v) is 12.9. The van der Waals surface area contributed by atoms with Crippen molar-refractivity contribution in [1.82, 2.24) is 14.9 Å². The molecule has 172 valence electrons. The maximum Gasteiger partial charge on any atom is 0.170 e. The molecule has 0 unspecified atom stereocenters. The molecule has 4 rings (SSSR count). The largest absolute Gasteiger partial charge is 0.325 e. The minimum Gasteiger partial charge on any atom is -0.325 e. The zero-order chi connectivity index (χ0) is 23.4. The molecule has 1 N–H and O–H groups in total. The first kappa shape index (κ1) is 23.6. The van der Waals surface area contributed by atoms with Crippen LogP contribution in [-0.2, 0) is 22.8 Å². The van der Waals surface area contributed by atoms with Gasteiger partial charge in [0.1, 0.15) is 11.6 Å². The van der Waals surface area contributed by atoms with Crippen LogP contribution in [0.15, 0.2) is 54.9 Å². The molecule has 0 spiro atoms. The fourth-order valence-corrected chi connectivity index (χ4v) is 5.51. The number of nitrogens with one attached hydrogen (secondary N) is 1. The van der Waals surface area contributed by atoms with Gasteiger partial charge in [-0.2, -0.15) is 0 Å². The Kier molecular flexibility index (Phi) is 7.29. The average Bonchev–Trinajstić information content (AvgIpc) is 2.76. The van der Waals surface area contributed by atoms with E-state index in [1.54, 1.807) is 42.7 Å². The van der Waals surface area contributed by atoms with Gasteiger partial charge in [0.2, 0.25) is 0 Å². The van der Waals surface area contributed by atoms with Crippen molar-refractivity contribution in [2.24, 2.45) is 0 Å². The Morgan fingerprint density at radius 2 is 1.52 bits per heavy atom. The SMILES string of the molecule is O=C(Cc1ccnc(Nc2cc(CN3CCS(=O)(=O)CC3)ccn2)c1)c1c(Cl)cccc1Cl. The van der Waals surface area contributed by atoms with Crippen molar-refractivity contribution in [3.8, 4) is 0 Å². The van der Waals surface area contributed by atoms with E-state index in [0.717, 1.165) is 11.1 Å². The molecule has 0 atom stereocenters. The maximum atomic E-state index is 12.7. The maximum absolute atomic E-state index is 12.7. The molecule has 3 aromatic rings. The van der Waals surface area contributed by atoms with Gasteiger partial charge in [-0.05, 0) is 47.5 Å². The second-order valence-corrected chi connectivity index (χ2v) is 11.0. The topological polar surface area (TPSA) is 92.3 Å². The van der Waals surface area contributed by atoms with Gasteiger partial charge in [0.15, 0.2) is 15.6 Å². The van der Waals surface area contributed by atoms with Crippen molar-refractivity contribution in [2.45, 2.75) is 13.0 Å². The Morgan fingerprint density at radius 1 is 0.939 bits per heavy atom. The van der Waals surface area contributed by atoms with E-state index in [4.69, 9.17) is 23.2 Å². The van der Waals surface area contributed by atoms with Crippen LogP contribution in [0.2, 0.25) is 10.0 Å². The van der Waals surface area contributed by atoms with Gasteiger partial charge in [-0.1, -0.05) is 29.3 Å². The van der Waals surface area contributed by atoms with E-state index < -0.39 is 9.84 Å². The average molecular weight is 505 g/mol. The summed E-state index contributed by atoms with van der Waals surface area (Å²) in [5, 5.41) is 3.82. The van der Waals surface area contributed by atoms with Crippen molar-refractivity contribution in [1.29, 1.82) is 0 Å². The highest BCUT2D eigenvalue weighted by atomic mass is 35.5. The molecular formula is C23H22Cl2N4O3S. The number of pyridine rings is 2. The van der Waals surface area contributed by atoms with Crippen molar-refractivity contribution in [2.75, 3.05) is 29.9 Å². The molecule has 0 saturated carbocycles. The molecule has 0 amide bonds. The summed E-state index contributed by atoms with van der Waals surface area (Å²) in [4.78, 5) is 23.5. The van der Waals surface area contributed by atoms with E-state index >= 15 is 0 Å². The monoisotopic (exact) mass is 504 g/mol. The van der Waals surface area contributed by atoms with Crippen LogP contribution < -0.4 is 5.32 Å². The fourth-order valence-electron chi connectivity index (χ4n) is 3.63.